The monoisotopic (exact) mass is 1040 g/mol. The van der Waals surface area contributed by atoms with Crippen molar-refractivity contribution < 1.29 is 159 Å². The van der Waals surface area contributed by atoms with E-state index in [1.54, 1.807) is 0 Å². The topological polar surface area (TPSA) is 27.7 Å². The van der Waals surface area contributed by atoms with E-state index in [9.17, 15) is 79.0 Å². The van der Waals surface area contributed by atoms with Gasteiger partial charge in [0.25, 0.3) is 5.97 Å². The molecule has 0 heterocycles. The zero-order chi connectivity index (χ0) is 52.1. The third-order valence-electron chi connectivity index (χ3n) is 10.6. The number of rotatable bonds is 14. The minimum absolute atomic E-state index is 0.0413. The second kappa shape index (κ2) is 14.6. The standard InChI is InChI=1S/C29H21F33O3/c1-3-4-5-6-7-8-9-10(2)11(63-27(60)21(48,49)15(36,37)12(30,31)16(38,39)22(27,50)51,64-28(61)23(52,53)17(40,41)13(32,33)18(42,43)24(28,54)55)65-29(62)25(56,57)19(44,45)14(34,35)20(46,47)26(29,58)59/h10H,3-9H2,1-2H3. The fourth-order valence-electron chi connectivity index (χ4n) is 6.32. The number of ether oxygens (including phenoxy) is 3. The van der Waals surface area contributed by atoms with Crippen molar-refractivity contribution in [1.82, 2.24) is 0 Å². The van der Waals surface area contributed by atoms with Gasteiger partial charge in [-0.15, -0.1) is 0 Å². The van der Waals surface area contributed by atoms with E-state index in [0.717, 1.165) is 0 Å². The van der Waals surface area contributed by atoms with E-state index in [1.165, 1.54) is 6.92 Å². The molecule has 65 heavy (non-hydrogen) atoms. The molecule has 3 aliphatic carbocycles. The third kappa shape index (κ3) is 5.95. The summed E-state index contributed by atoms with van der Waals surface area (Å²) in [6, 6.07) is 0. The summed E-state index contributed by atoms with van der Waals surface area (Å²) in [4.78, 5) is 0. The molecule has 3 saturated carbocycles. The maximum absolute atomic E-state index is 16.2. The van der Waals surface area contributed by atoms with Crippen LogP contribution >= 0.6 is 0 Å². The zero-order valence-corrected chi connectivity index (χ0v) is 30.7. The van der Waals surface area contributed by atoms with Crippen molar-refractivity contribution in [2.45, 2.75) is 171 Å². The summed E-state index contributed by atoms with van der Waals surface area (Å²) in [7, 11) is 0. The summed E-state index contributed by atoms with van der Waals surface area (Å²) < 4.78 is 494. The Labute approximate surface area is 337 Å². The van der Waals surface area contributed by atoms with Crippen LogP contribution in [0.3, 0.4) is 0 Å². The Hall–Kier alpha value is -2.43. The van der Waals surface area contributed by atoms with Gasteiger partial charge in [0.2, 0.25) is 0 Å². The van der Waals surface area contributed by atoms with Crippen LogP contribution in [-0.4, -0.2) is 112 Å². The summed E-state index contributed by atoms with van der Waals surface area (Å²) in [5, 5.41) is 0. The molecule has 3 aliphatic rings. The Morgan fingerprint density at radius 2 is 0.446 bits per heavy atom. The molecule has 386 valence electrons. The van der Waals surface area contributed by atoms with E-state index in [0.29, 0.717) is 0 Å². The number of alkyl halides is 33. The van der Waals surface area contributed by atoms with Crippen LogP contribution in [0.4, 0.5) is 145 Å². The maximum Gasteiger partial charge on any atom is 0.384 e. The minimum Gasteiger partial charge on any atom is -0.278 e. The van der Waals surface area contributed by atoms with Gasteiger partial charge in [-0.05, 0) is 6.42 Å². The highest BCUT2D eigenvalue weighted by Crippen LogP contribution is 2.76. The highest BCUT2D eigenvalue weighted by molar-refractivity contribution is 5.27. The molecule has 3 rings (SSSR count). The van der Waals surface area contributed by atoms with Gasteiger partial charge in [-0.3, -0.25) is 14.2 Å². The summed E-state index contributed by atoms with van der Waals surface area (Å²) in [6.07, 6.45) is -5.71. The summed E-state index contributed by atoms with van der Waals surface area (Å²) in [6.45, 7) is 0.300. The Morgan fingerprint density at radius 1 is 0.277 bits per heavy atom. The normalized spacial score (nSPS) is 31.6. The van der Waals surface area contributed by atoms with E-state index in [2.05, 4.69) is 14.2 Å². The first kappa shape index (κ1) is 56.9. The Balaban J connectivity index is 2.78. The Morgan fingerprint density at radius 3 is 0.646 bits per heavy atom. The fraction of sp³-hybridized carbons (Fsp3) is 1.00. The van der Waals surface area contributed by atoms with Crippen molar-refractivity contribution in [1.29, 1.82) is 0 Å². The molecule has 0 N–H and O–H groups in total. The highest BCUT2D eigenvalue weighted by Gasteiger charge is 3.07. The predicted octanol–water partition coefficient (Wildman–Crippen LogP) is 13.6. The average molecular weight is 1040 g/mol. The number of halogens is 33. The number of hydrogen-bond donors (Lipinski definition) is 0. The van der Waals surface area contributed by atoms with Gasteiger partial charge in [0.05, 0.1) is 0 Å². The Kier molecular flexibility index (Phi) is 12.7. The van der Waals surface area contributed by atoms with Gasteiger partial charge in [0.1, 0.15) is 0 Å². The molecule has 0 aromatic carbocycles. The van der Waals surface area contributed by atoms with Crippen molar-refractivity contribution in [3.63, 3.8) is 0 Å². The van der Waals surface area contributed by atoms with Gasteiger partial charge in [-0.1, -0.05) is 52.4 Å². The molecule has 36 heteroatoms. The van der Waals surface area contributed by atoms with Gasteiger partial charge in [0, 0.05) is 5.92 Å². The SMILES string of the molecule is CCCCCCCCC(C)C(OC1(F)C(F)(F)C(F)(F)C(F)(F)C(F)(F)C1(F)F)(OC1(F)C(F)(F)C(F)(F)C(F)(F)C(F)(F)C1(F)F)OC1(F)C(F)(F)C(F)(F)C(F)(F)C(F)(F)C1(F)F. The van der Waals surface area contributed by atoms with Crippen molar-refractivity contribution >= 4 is 0 Å². The van der Waals surface area contributed by atoms with Crippen molar-refractivity contribution in [3.8, 4) is 0 Å². The zero-order valence-electron chi connectivity index (χ0n) is 30.7. The molecule has 0 aromatic rings. The van der Waals surface area contributed by atoms with E-state index >= 15 is 65.9 Å². The van der Waals surface area contributed by atoms with E-state index in [4.69, 9.17) is 0 Å². The lowest BCUT2D eigenvalue weighted by atomic mass is 9.77. The lowest BCUT2D eigenvalue weighted by Gasteiger charge is -2.59. The van der Waals surface area contributed by atoms with Crippen LogP contribution in [-0.2, 0) is 14.2 Å². The smallest absolute Gasteiger partial charge is 0.278 e. The quantitative estimate of drug-likeness (QED) is 0.0986. The van der Waals surface area contributed by atoms with Gasteiger partial charge >= 0.3 is 106 Å². The van der Waals surface area contributed by atoms with Gasteiger partial charge in [-0.2, -0.15) is 145 Å². The van der Waals surface area contributed by atoms with Crippen molar-refractivity contribution in [2.75, 3.05) is 0 Å². The summed E-state index contributed by atoms with van der Waals surface area (Å²) in [5.74, 6) is -175. The number of hydrogen-bond acceptors (Lipinski definition) is 3. The second-order valence-corrected chi connectivity index (χ2v) is 14.8. The molecule has 0 radical (unpaired) electrons. The van der Waals surface area contributed by atoms with E-state index in [1.807, 2.05) is 0 Å². The van der Waals surface area contributed by atoms with Gasteiger partial charge in [-0.25, -0.2) is 0 Å². The van der Waals surface area contributed by atoms with Crippen LogP contribution in [0.15, 0.2) is 0 Å². The molecule has 0 amide bonds. The van der Waals surface area contributed by atoms with Crippen LogP contribution in [0.25, 0.3) is 0 Å². The van der Waals surface area contributed by atoms with E-state index in [-0.39, 0.29) is 19.3 Å². The first-order valence-corrected chi connectivity index (χ1v) is 16.9. The average Bonchev–Trinajstić information content (AvgIpc) is 3.13. The minimum atomic E-state index is -9.24. The largest absolute Gasteiger partial charge is 0.384 e. The molecule has 0 bridgehead atoms. The van der Waals surface area contributed by atoms with Gasteiger partial charge in [0.15, 0.2) is 0 Å². The van der Waals surface area contributed by atoms with Crippen LogP contribution in [0.1, 0.15) is 58.8 Å². The molecule has 0 aromatic heterocycles. The molecule has 0 aliphatic heterocycles. The van der Waals surface area contributed by atoms with Crippen LogP contribution < -0.4 is 0 Å². The first-order chi connectivity index (χ1) is 28.1. The summed E-state index contributed by atoms with van der Waals surface area (Å²) in [5.41, 5.74) is 0. The Bertz CT molecular complexity index is 1510. The molecular formula is C29H21F33O3. The van der Waals surface area contributed by atoms with Crippen LogP contribution in [0, 0.1) is 5.92 Å². The van der Waals surface area contributed by atoms with Crippen molar-refractivity contribution in [3.05, 3.63) is 0 Å². The highest BCUT2D eigenvalue weighted by atomic mass is 19.4. The molecule has 3 fully saturated rings. The van der Waals surface area contributed by atoms with Crippen LogP contribution in [0.2, 0.25) is 0 Å². The molecule has 0 saturated heterocycles. The molecule has 1 atom stereocenters. The third-order valence-corrected chi connectivity index (χ3v) is 10.6. The fourth-order valence-corrected chi connectivity index (χ4v) is 6.32. The molecule has 3 nitrogen and oxygen atoms in total. The predicted molar refractivity (Wildman–Crippen MR) is 139 cm³/mol. The maximum atomic E-state index is 16.2. The molecular weight excluding hydrogens is 1020 g/mol. The lowest BCUT2D eigenvalue weighted by Crippen LogP contribution is -2.88. The van der Waals surface area contributed by atoms with Gasteiger partial charge < -0.3 is 0 Å². The molecule has 0 spiro atoms. The van der Waals surface area contributed by atoms with E-state index < -0.39 is 151 Å². The lowest BCUT2D eigenvalue weighted by molar-refractivity contribution is -0.634. The van der Waals surface area contributed by atoms with Crippen molar-refractivity contribution in [2.24, 2.45) is 5.92 Å². The van der Waals surface area contributed by atoms with Crippen LogP contribution in [0.5, 0.6) is 0 Å². The first-order valence-electron chi connectivity index (χ1n) is 16.9. The molecule has 1 unspecified atom stereocenters. The number of unbranched alkanes of at least 4 members (excludes halogenated alkanes) is 5. The summed E-state index contributed by atoms with van der Waals surface area (Å²) >= 11 is 0. The second-order valence-electron chi connectivity index (χ2n) is 14.8.